The van der Waals surface area contributed by atoms with Gasteiger partial charge in [-0.1, -0.05) is 12.1 Å². The minimum Gasteiger partial charge on any atom is -0.497 e. The molecule has 1 aliphatic rings. The van der Waals surface area contributed by atoms with Gasteiger partial charge in [0.15, 0.2) is 0 Å². The maximum Gasteiger partial charge on any atom is 0.322 e. The molecule has 2 rings (SSSR count). The first-order valence-corrected chi connectivity index (χ1v) is 5.69. The topological polar surface area (TPSA) is 47.6 Å². The largest absolute Gasteiger partial charge is 0.497 e. The van der Waals surface area contributed by atoms with E-state index in [1.807, 2.05) is 24.3 Å². The molecule has 1 aliphatic heterocycles. The number of hydrogen-bond acceptors (Lipinski definition) is 4. The number of methoxy groups -OCH3 is 2. The van der Waals surface area contributed by atoms with Gasteiger partial charge in [-0.2, -0.15) is 0 Å². The molecule has 1 aromatic rings. The van der Waals surface area contributed by atoms with Gasteiger partial charge in [-0.05, 0) is 30.0 Å². The van der Waals surface area contributed by atoms with E-state index in [0.29, 0.717) is 5.92 Å². The minimum absolute atomic E-state index is 0.174. The maximum absolute atomic E-state index is 11.4. The number of esters is 1. The van der Waals surface area contributed by atoms with E-state index >= 15 is 0 Å². The van der Waals surface area contributed by atoms with Crippen molar-refractivity contribution in [3.05, 3.63) is 29.8 Å². The van der Waals surface area contributed by atoms with Gasteiger partial charge in [0.2, 0.25) is 0 Å². The van der Waals surface area contributed by atoms with E-state index < -0.39 is 0 Å². The molecular weight excluding hydrogens is 218 g/mol. The Labute approximate surface area is 101 Å². The fourth-order valence-corrected chi connectivity index (χ4v) is 2.19. The third kappa shape index (κ3) is 2.58. The van der Waals surface area contributed by atoms with Crippen LogP contribution in [0, 0.1) is 0 Å². The summed E-state index contributed by atoms with van der Waals surface area (Å²) in [5, 5.41) is 3.18. The van der Waals surface area contributed by atoms with E-state index in [1.165, 1.54) is 12.7 Å². The van der Waals surface area contributed by atoms with E-state index in [-0.39, 0.29) is 12.0 Å². The van der Waals surface area contributed by atoms with Gasteiger partial charge in [-0.3, -0.25) is 4.79 Å². The molecule has 0 aliphatic carbocycles. The molecule has 0 radical (unpaired) electrons. The van der Waals surface area contributed by atoms with Crippen LogP contribution in [0.5, 0.6) is 5.75 Å². The molecule has 2 atom stereocenters. The summed E-state index contributed by atoms with van der Waals surface area (Å²) in [4.78, 5) is 11.4. The van der Waals surface area contributed by atoms with Gasteiger partial charge in [-0.25, -0.2) is 0 Å². The van der Waals surface area contributed by atoms with E-state index in [4.69, 9.17) is 9.47 Å². The smallest absolute Gasteiger partial charge is 0.322 e. The molecule has 1 heterocycles. The van der Waals surface area contributed by atoms with Crippen molar-refractivity contribution in [3.63, 3.8) is 0 Å². The maximum atomic E-state index is 11.4. The molecule has 2 unspecified atom stereocenters. The second-order valence-electron chi connectivity index (χ2n) is 4.19. The number of ether oxygens (including phenoxy) is 2. The normalized spacial score (nSPS) is 23.4. The van der Waals surface area contributed by atoms with Crippen LogP contribution in [-0.2, 0) is 9.53 Å². The number of carbonyl (C=O) groups is 1. The van der Waals surface area contributed by atoms with Crippen molar-refractivity contribution < 1.29 is 14.3 Å². The Kier molecular flexibility index (Phi) is 3.64. The molecule has 1 N–H and O–H groups in total. The molecule has 0 aromatic heterocycles. The molecule has 1 fully saturated rings. The first-order chi connectivity index (χ1) is 8.24. The predicted octanol–water partition coefficient (Wildman–Crippen LogP) is 1.31. The highest BCUT2D eigenvalue weighted by molar-refractivity contribution is 5.76. The summed E-state index contributed by atoms with van der Waals surface area (Å²) in [6, 6.07) is 7.81. The van der Waals surface area contributed by atoms with Gasteiger partial charge >= 0.3 is 5.97 Å². The van der Waals surface area contributed by atoms with Crippen molar-refractivity contribution in [2.45, 2.75) is 18.4 Å². The Balaban J connectivity index is 2.02. The summed E-state index contributed by atoms with van der Waals surface area (Å²) in [6.45, 7) is 0.812. The zero-order valence-electron chi connectivity index (χ0n) is 10.1. The van der Waals surface area contributed by atoms with E-state index in [0.717, 1.165) is 18.7 Å². The monoisotopic (exact) mass is 235 g/mol. The quantitative estimate of drug-likeness (QED) is 0.803. The SMILES string of the molecule is COC(=O)C1CC(c2ccc(OC)cc2)CN1. The van der Waals surface area contributed by atoms with Crippen LogP contribution in [0.2, 0.25) is 0 Å². The van der Waals surface area contributed by atoms with E-state index in [2.05, 4.69) is 5.32 Å². The third-order valence-corrected chi connectivity index (χ3v) is 3.20. The number of benzene rings is 1. The van der Waals surface area contributed by atoms with Crippen molar-refractivity contribution in [2.24, 2.45) is 0 Å². The van der Waals surface area contributed by atoms with E-state index in [1.54, 1.807) is 7.11 Å². The molecule has 4 heteroatoms. The molecule has 0 amide bonds. The van der Waals surface area contributed by atoms with Gasteiger partial charge in [0.05, 0.1) is 14.2 Å². The van der Waals surface area contributed by atoms with Crippen LogP contribution < -0.4 is 10.1 Å². The van der Waals surface area contributed by atoms with Gasteiger partial charge in [0.1, 0.15) is 11.8 Å². The van der Waals surface area contributed by atoms with Gasteiger partial charge < -0.3 is 14.8 Å². The third-order valence-electron chi connectivity index (χ3n) is 3.20. The highest BCUT2D eigenvalue weighted by Crippen LogP contribution is 2.27. The Morgan fingerprint density at radius 3 is 2.59 bits per heavy atom. The average Bonchev–Trinajstić information content (AvgIpc) is 2.87. The predicted molar refractivity (Wildman–Crippen MR) is 64.2 cm³/mol. The molecule has 92 valence electrons. The number of rotatable bonds is 3. The fourth-order valence-electron chi connectivity index (χ4n) is 2.19. The van der Waals surface area contributed by atoms with Crippen LogP contribution in [0.25, 0.3) is 0 Å². The molecule has 17 heavy (non-hydrogen) atoms. The van der Waals surface area contributed by atoms with Crippen molar-refractivity contribution >= 4 is 5.97 Å². The lowest BCUT2D eigenvalue weighted by Crippen LogP contribution is -2.31. The highest BCUT2D eigenvalue weighted by Gasteiger charge is 2.30. The van der Waals surface area contributed by atoms with Crippen molar-refractivity contribution in [2.75, 3.05) is 20.8 Å². The summed E-state index contributed by atoms with van der Waals surface area (Å²) >= 11 is 0. The van der Waals surface area contributed by atoms with Crippen LogP contribution in [-0.4, -0.2) is 32.8 Å². The second kappa shape index (κ2) is 5.19. The van der Waals surface area contributed by atoms with Crippen LogP contribution in [0.4, 0.5) is 0 Å². The van der Waals surface area contributed by atoms with E-state index in [9.17, 15) is 4.79 Å². The lowest BCUT2D eigenvalue weighted by Gasteiger charge is -2.10. The molecule has 1 aromatic carbocycles. The van der Waals surface area contributed by atoms with Crippen molar-refractivity contribution in [1.29, 1.82) is 0 Å². The molecule has 1 saturated heterocycles. The number of nitrogens with one attached hydrogen (secondary N) is 1. The first-order valence-electron chi connectivity index (χ1n) is 5.69. The van der Waals surface area contributed by atoms with Crippen molar-refractivity contribution in [3.8, 4) is 5.75 Å². The zero-order valence-corrected chi connectivity index (χ0v) is 10.1. The Hall–Kier alpha value is -1.55. The zero-order chi connectivity index (χ0) is 12.3. The molecular formula is C13H17NO3. The summed E-state index contributed by atoms with van der Waals surface area (Å²) in [7, 11) is 3.07. The number of hydrogen-bond donors (Lipinski definition) is 1. The molecule has 0 spiro atoms. The Morgan fingerprint density at radius 1 is 1.29 bits per heavy atom. The molecule has 0 saturated carbocycles. The average molecular weight is 235 g/mol. The van der Waals surface area contributed by atoms with Gasteiger partial charge in [0.25, 0.3) is 0 Å². The molecule has 4 nitrogen and oxygen atoms in total. The summed E-state index contributed by atoms with van der Waals surface area (Å²) in [5.74, 6) is 1.04. The lowest BCUT2D eigenvalue weighted by atomic mass is 9.96. The summed E-state index contributed by atoms with van der Waals surface area (Å²) in [5.41, 5.74) is 1.23. The van der Waals surface area contributed by atoms with Crippen LogP contribution in [0.1, 0.15) is 17.9 Å². The summed E-state index contributed by atoms with van der Waals surface area (Å²) < 4.78 is 9.85. The molecule has 0 bridgehead atoms. The lowest BCUT2D eigenvalue weighted by molar-refractivity contribution is -0.142. The minimum atomic E-state index is -0.180. The van der Waals surface area contributed by atoms with Gasteiger partial charge in [0, 0.05) is 6.54 Å². The second-order valence-corrected chi connectivity index (χ2v) is 4.19. The Morgan fingerprint density at radius 2 is 2.00 bits per heavy atom. The highest BCUT2D eigenvalue weighted by atomic mass is 16.5. The Bertz CT molecular complexity index is 388. The summed E-state index contributed by atoms with van der Waals surface area (Å²) in [6.07, 6.45) is 0.791. The standard InChI is InChI=1S/C13H17NO3/c1-16-11-5-3-9(4-6-11)10-7-12(14-8-10)13(15)17-2/h3-6,10,12,14H,7-8H2,1-2H3. The van der Waals surface area contributed by atoms with Crippen LogP contribution >= 0.6 is 0 Å². The first kappa shape index (κ1) is 11.9. The fraction of sp³-hybridized carbons (Fsp3) is 0.462. The number of carbonyl (C=O) groups excluding carboxylic acids is 1. The van der Waals surface area contributed by atoms with Gasteiger partial charge in [-0.15, -0.1) is 0 Å². The van der Waals surface area contributed by atoms with Crippen LogP contribution in [0.3, 0.4) is 0 Å². The van der Waals surface area contributed by atoms with Crippen molar-refractivity contribution in [1.82, 2.24) is 5.32 Å². The van der Waals surface area contributed by atoms with Crippen LogP contribution in [0.15, 0.2) is 24.3 Å².